The summed E-state index contributed by atoms with van der Waals surface area (Å²) in [7, 11) is 2.56. The predicted octanol–water partition coefficient (Wildman–Crippen LogP) is -0.321. The first-order valence-electron chi connectivity index (χ1n) is 5.82. The summed E-state index contributed by atoms with van der Waals surface area (Å²) in [5, 5.41) is 17.7. The van der Waals surface area contributed by atoms with Crippen molar-refractivity contribution in [2.45, 2.75) is 6.92 Å². The van der Waals surface area contributed by atoms with E-state index in [9.17, 15) is 19.5 Å². The number of amides is 1. The Morgan fingerprint density at radius 1 is 1.30 bits per heavy atom. The zero-order valence-electron chi connectivity index (χ0n) is 11.2. The van der Waals surface area contributed by atoms with Crippen LogP contribution in [-0.4, -0.2) is 45.9 Å². The van der Waals surface area contributed by atoms with E-state index in [0.29, 0.717) is 0 Å². The van der Waals surface area contributed by atoms with Crippen molar-refractivity contribution in [3.63, 3.8) is 0 Å². The zero-order valence-corrected chi connectivity index (χ0v) is 11.2. The zero-order chi connectivity index (χ0) is 15.2. The highest BCUT2D eigenvalue weighted by atomic mass is 16.5. The maximum atomic E-state index is 12.1. The summed E-state index contributed by atoms with van der Waals surface area (Å²) >= 11 is 0. The molecule has 0 bridgehead atoms. The Kier molecular flexibility index (Phi) is 3.09. The van der Waals surface area contributed by atoms with Gasteiger partial charge in [-0.25, -0.2) is 4.79 Å². The fourth-order valence-corrected chi connectivity index (χ4v) is 2.04. The van der Waals surface area contributed by atoms with Crippen molar-refractivity contribution in [3.8, 4) is 5.88 Å². The summed E-state index contributed by atoms with van der Waals surface area (Å²) in [5.41, 5.74) is -1.59. The van der Waals surface area contributed by atoms with Crippen LogP contribution < -0.4 is 5.56 Å². The van der Waals surface area contributed by atoms with Gasteiger partial charge in [0, 0.05) is 14.1 Å². The van der Waals surface area contributed by atoms with Gasteiger partial charge in [-0.2, -0.15) is 0 Å². The van der Waals surface area contributed by atoms with E-state index in [-0.39, 0.29) is 29.1 Å². The van der Waals surface area contributed by atoms with Crippen LogP contribution in [0.25, 0.3) is 0 Å². The molecule has 0 saturated carbocycles. The molecule has 2 heterocycles. The molecule has 0 aliphatic carbocycles. The molecule has 1 aliphatic heterocycles. The summed E-state index contributed by atoms with van der Waals surface area (Å²) in [6.07, 6.45) is 0. The van der Waals surface area contributed by atoms with Crippen LogP contribution in [0.15, 0.2) is 4.79 Å². The first-order valence-corrected chi connectivity index (χ1v) is 5.82. The molecule has 0 saturated heterocycles. The van der Waals surface area contributed by atoms with E-state index < -0.39 is 23.3 Å². The molecular weight excluding hydrogens is 266 g/mol. The van der Waals surface area contributed by atoms with Crippen molar-refractivity contribution >= 4 is 17.7 Å². The molecule has 20 heavy (non-hydrogen) atoms. The number of aromatic hydroxyl groups is 1. The van der Waals surface area contributed by atoms with Gasteiger partial charge >= 0.3 is 5.97 Å². The van der Waals surface area contributed by atoms with Crippen molar-refractivity contribution in [1.29, 1.82) is 5.41 Å². The fourth-order valence-electron chi connectivity index (χ4n) is 2.04. The molecule has 0 atom stereocenters. The van der Waals surface area contributed by atoms with Crippen molar-refractivity contribution in [3.05, 3.63) is 27.0 Å². The molecule has 1 aromatic rings. The molecule has 2 N–H and O–H groups in total. The number of carbonyl (C=O) groups is 2. The second-order valence-corrected chi connectivity index (χ2v) is 4.25. The van der Waals surface area contributed by atoms with Crippen molar-refractivity contribution in [1.82, 2.24) is 9.47 Å². The Labute approximate surface area is 113 Å². The van der Waals surface area contributed by atoms with E-state index >= 15 is 0 Å². The van der Waals surface area contributed by atoms with Crippen LogP contribution in [0.4, 0.5) is 0 Å². The summed E-state index contributed by atoms with van der Waals surface area (Å²) in [6.45, 7) is 1.63. The van der Waals surface area contributed by atoms with Gasteiger partial charge in [0.15, 0.2) is 0 Å². The van der Waals surface area contributed by atoms with E-state index in [1.165, 1.54) is 14.1 Å². The third-order valence-electron chi connectivity index (χ3n) is 3.13. The number of aromatic nitrogens is 1. The minimum atomic E-state index is -0.909. The van der Waals surface area contributed by atoms with E-state index in [2.05, 4.69) is 0 Å². The maximum Gasteiger partial charge on any atom is 0.344 e. The van der Waals surface area contributed by atoms with Crippen molar-refractivity contribution in [2.75, 3.05) is 13.7 Å². The lowest BCUT2D eigenvalue weighted by atomic mass is 10.0. The average molecular weight is 279 g/mol. The molecule has 2 rings (SSSR count). The van der Waals surface area contributed by atoms with Gasteiger partial charge in [0.05, 0.1) is 17.7 Å². The minimum Gasteiger partial charge on any atom is -0.494 e. The second kappa shape index (κ2) is 4.48. The molecule has 0 aromatic carbocycles. The van der Waals surface area contributed by atoms with Gasteiger partial charge in [-0.05, 0) is 6.92 Å². The van der Waals surface area contributed by atoms with E-state index in [1.54, 1.807) is 6.92 Å². The lowest BCUT2D eigenvalue weighted by molar-refractivity contribution is 0.0516. The lowest BCUT2D eigenvalue weighted by Crippen LogP contribution is -2.28. The van der Waals surface area contributed by atoms with E-state index in [1.807, 2.05) is 0 Å². The quantitative estimate of drug-likeness (QED) is 0.720. The highest BCUT2D eigenvalue weighted by Gasteiger charge is 2.40. The molecular formula is C12H13N3O5. The number of carbonyl (C=O) groups excluding carboxylic acids is 2. The van der Waals surface area contributed by atoms with Gasteiger partial charge in [0.1, 0.15) is 11.4 Å². The number of ether oxygens (including phenoxy) is 1. The Hall–Kier alpha value is -2.64. The third-order valence-corrected chi connectivity index (χ3v) is 3.13. The number of fused-ring (bicyclic) bond motifs is 1. The van der Waals surface area contributed by atoms with Crippen LogP contribution in [0.2, 0.25) is 0 Å². The first kappa shape index (κ1) is 13.8. The summed E-state index contributed by atoms with van der Waals surface area (Å²) in [5.74, 6) is -2.56. The molecule has 1 amide bonds. The lowest BCUT2D eigenvalue weighted by Gasteiger charge is -2.11. The van der Waals surface area contributed by atoms with Crippen molar-refractivity contribution in [2.24, 2.45) is 7.05 Å². The molecule has 8 heteroatoms. The summed E-state index contributed by atoms with van der Waals surface area (Å²) < 4.78 is 5.60. The van der Waals surface area contributed by atoms with Crippen LogP contribution >= 0.6 is 0 Å². The topological polar surface area (TPSA) is 113 Å². The molecule has 0 fully saturated rings. The van der Waals surface area contributed by atoms with Gasteiger partial charge < -0.3 is 9.84 Å². The normalized spacial score (nSPS) is 13.7. The summed E-state index contributed by atoms with van der Waals surface area (Å²) in [4.78, 5) is 37.0. The molecule has 0 unspecified atom stereocenters. The molecule has 0 radical (unpaired) electrons. The second-order valence-electron chi connectivity index (χ2n) is 4.25. The van der Waals surface area contributed by atoms with Crippen LogP contribution in [-0.2, 0) is 11.8 Å². The van der Waals surface area contributed by atoms with Crippen LogP contribution in [0.1, 0.15) is 33.2 Å². The van der Waals surface area contributed by atoms with Crippen LogP contribution in [0, 0.1) is 5.41 Å². The van der Waals surface area contributed by atoms with Gasteiger partial charge in [-0.3, -0.25) is 24.5 Å². The SMILES string of the molecule is CCOC(=O)c1c2c(c(=O)n(C)c1O)C(=N)N(C)C2=O. The van der Waals surface area contributed by atoms with Gasteiger partial charge in [0.25, 0.3) is 11.5 Å². The molecule has 0 spiro atoms. The third kappa shape index (κ3) is 1.61. The molecule has 1 aromatic heterocycles. The smallest absolute Gasteiger partial charge is 0.344 e. The number of esters is 1. The molecule has 8 nitrogen and oxygen atoms in total. The first-order chi connectivity index (χ1) is 9.32. The predicted molar refractivity (Wildman–Crippen MR) is 68.2 cm³/mol. The van der Waals surface area contributed by atoms with E-state index in [4.69, 9.17) is 10.1 Å². The Morgan fingerprint density at radius 3 is 2.45 bits per heavy atom. The number of nitrogens with zero attached hydrogens (tertiary/aromatic N) is 2. The number of hydrogen-bond donors (Lipinski definition) is 2. The largest absolute Gasteiger partial charge is 0.494 e. The Balaban J connectivity index is 2.88. The Morgan fingerprint density at radius 2 is 1.90 bits per heavy atom. The highest BCUT2D eigenvalue weighted by molar-refractivity contribution is 6.25. The van der Waals surface area contributed by atoms with Gasteiger partial charge in [0.2, 0.25) is 5.88 Å². The average Bonchev–Trinajstić information content (AvgIpc) is 2.62. The maximum absolute atomic E-state index is 12.1. The number of amidine groups is 1. The summed E-state index contributed by atoms with van der Waals surface area (Å²) in [6, 6.07) is 0. The Bertz CT molecular complexity index is 704. The molecule has 1 aliphatic rings. The number of nitrogens with one attached hydrogen (secondary N) is 1. The van der Waals surface area contributed by atoms with Crippen molar-refractivity contribution < 1.29 is 19.4 Å². The standard InChI is InChI=1S/C12H13N3O5/c1-4-20-12(19)7-5-6(8(13)14(2)9(5)16)10(17)15(3)11(7)18/h13,18H,4H2,1-3H3. The highest BCUT2D eigenvalue weighted by Crippen LogP contribution is 2.28. The number of pyridine rings is 1. The van der Waals surface area contributed by atoms with Crippen LogP contribution in [0.3, 0.4) is 0 Å². The van der Waals surface area contributed by atoms with Crippen LogP contribution in [0.5, 0.6) is 5.88 Å². The molecule has 106 valence electrons. The van der Waals surface area contributed by atoms with Gasteiger partial charge in [-0.15, -0.1) is 0 Å². The fraction of sp³-hybridized carbons (Fsp3) is 0.333. The number of rotatable bonds is 2. The number of hydrogen-bond acceptors (Lipinski definition) is 6. The monoisotopic (exact) mass is 279 g/mol. The van der Waals surface area contributed by atoms with Gasteiger partial charge in [-0.1, -0.05) is 0 Å². The van der Waals surface area contributed by atoms with E-state index in [0.717, 1.165) is 9.47 Å². The minimum absolute atomic E-state index is 0.0529.